The maximum atomic E-state index is 13.7. The molecule has 36 heavy (non-hydrogen) atoms. The minimum atomic E-state index is -0.664. The van der Waals surface area contributed by atoms with E-state index in [0.29, 0.717) is 11.9 Å². The Morgan fingerprint density at radius 1 is 0.972 bits per heavy atom. The second kappa shape index (κ2) is 11.9. The van der Waals surface area contributed by atoms with E-state index in [-0.39, 0.29) is 23.3 Å². The number of carbonyl (C=O) groups excluding carboxylic acids is 1. The Kier molecular flexibility index (Phi) is 8.66. The van der Waals surface area contributed by atoms with Gasteiger partial charge in [-0.2, -0.15) is 0 Å². The van der Waals surface area contributed by atoms with Gasteiger partial charge in [0, 0.05) is 18.1 Å². The molecule has 0 saturated carbocycles. The SMILES string of the molecule is COc1ccccc1CCC(=O)NC(C)c1ccc(F)cc1F.O=c1[nH]c(=O)c2cc(F)ccc2[nH]1. The molecule has 0 bridgehead atoms. The van der Waals surface area contributed by atoms with E-state index < -0.39 is 34.7 Å². The average molecular weight is 499 g/mol. The maximum Gasteiger partial charge on any atom is 0.326 e. The van der Waals surface area contributed by atoms with Crippen molar-refractivity contribution in [1.29, 1.82) is 0 Å². The Balaban J connectivity index is 0.000000233. The van der Waals surface area contributed by atoms with Crippen molar-refractivity contribution in [2.45, 2.75) is 25.8 Å². The molecule has 3 aromatic carbocycles. The van der Waals surface area contributed by atoms with Crippen LogP contribution in [0.5, 0.6) is 5.75 Å². The summed E-state index contributed by atoms with van der Waals surface area (Å²) in [4.78, 5) is 38.3. The largest absolute Gasteiger partial charge is 0.496 e. The summed E-state index contributed by atoms with van der Waals surface area (Å²) in [5, 5.41) is 2.86. The first kappa shape index (κ1) is 26.3. The third-order valence-electron chi connectivity index (χ3n) is 5.32. The molecule has 7 nitrogen and oxygen atoms in total. The number of aromatic amines is 2. The number of hydrogen-bond donors (Lipinski definition) is 3. The van der Waals surface area contributed by atoms with Gasteiger partial charge in [0.1, 0.15) is 23.2 Å². The molecular formula is C26H24F3N3O4. The summed E-state index contributed by atoms with van der Waals surface area (Å²) in [6.07, 6.45) is 0.780. The average Bonchev–Trinajstić information content (AvgIpc) is 2.83. The molecule has 0 spiro atoms. The van der Waals surface area contributed by atoms with Gasteiger partial charge in [0.15, 0.2) is 0 Å². The topological polar surface area (TPSA) is 104 Å². The number of halogens is 3. The number of H-pyrrole nitrogens is 2. The van der Waals surface area contributed by atoms with Crippen LogP contribution in [0.3, 0.4) is 0 Å². The lowest BCUT2D eigenvalue weighted by Crippen LogP contribution is -2.27. The molecule has 1 aromatic heterocycles. The number of aryl methyl sites for hydroxylation is 1. The molecule has 1 unspecified atom stereocenters. The van der Waals surface area contributed by atoms with Gasteiger partial charge in [0.25, 0.3) is 5.56 Å². The van der Waals surface area contributed by atoms with E-state index in [2.05, 4.69) is 10.3 Å². The van der Waals surface area contributed by atoms with E-state index in [1.165, 1.54) is 24.3 Å². The van der Waals surface area contributed by atoms with Crippen LogP contribution < -0.4 is 21.3 Å². The van der Waals surface area contributed by atoms with E-state index in [1.54, 1.807) is 14.0 Å². The highest BCUT2D eigenvalue weighted by atomic mass is 19.1. The minimum absolute atomic E-state index is 0.139. The summed E-state index contributed by atoms with van der Waals surface area (Å²) in [5.41, 5.74) is 0.348. The second-order valence-electron chi connectivity index (χ2n) is 7.87. The maximum absolute atomic E-state index is 13.7. The third-order valence-corrected chi connectivity index (χ3v) is 5.32. The van der Waals surface area contributed by atoms with Gasteiger partial charge in [-0.05, 0) is 49.2 Å². The number of carbonyl (C=O) groups is 1. The predicted molar refractivity (Wildman–Crippen MR) is 129 cm³/mol. The number of nitrogens with one attached hydrogen (secondary N) is 3. The van der Waals surface area contributed by atoms with Crippen LogP contribution >= 0.6 is 0 Å². The van der Waals surface area contributed by atoms with Crippen molar-refractivity contribution in [3.63, 3.8) is 0 Å². The second-order valence-corrected chi connectivity index (χ2v) is 7.87. The molecule has 0 saturated heterocycles. The molecule has 1 atom stereocenters. The number of ether oxygens (including phenoxy) is 1. The molecule has 0 aliphatic rings. The van der Waals surface area contributed by atoms with E-state index in [1.807, 2.05) is 29.2 Å². The highest BCUT2D eigenvalue weighted by Gasteiger charge is 2.14. The zero-order valence-corrected chi connectivity index (χ0v) is 19.5. The van der Waals surface area contributed by atoms with Gasteiger partial charge >= 0.3 is 5.69 Å². The fourth-order valence-corrected chi connectivity index (χ4v) is 3.54. The number of fused-ring (bicyclic) bond motifs is 1. The van der Waals surface area contributed by atoms with Gasteiger partial charge in [-0.3, -0.25) is 14.6 Å². The molecule has 0 aliphatic heterocycles. The van der Waals surface area contributed by atoms with Gasteiger partial charge in [-0.1, -0.05) is 24.3 Å². The fraction of sp³-hybridized carbons (Fsp3) is 0.192. The standard InChI is InChI=1S/C18H19F2NO2.C8H5FN2O2/c1-12(15-9-8-14(19)11-16(15)20)21-18(22)10-7-13-5-3-4-6-17(13)23-2;9-4-1-2-6-5(3-4)7(12)11-8(13)10-6/h3-6,8-9,11-12H,7,10H2,1-2H3,(H,21,22);1-3H,(H2,10,11,12,13). The molecule has 4 aromatic rings. The van der Waals surface area contributed by atoms with Gasteiger partial charge < -0.3 is 15.0 Å². The Labute approximate surface area is 204 Å². The van der Waals surface area contributed by atoms with Gasteiger partial charge in [-0.25, -0.2) is 18.0 Å². The Hall–Kier alpha value is -4.34. The van der Waals surface area contributed by atoms with Crippen molar-refractivity contribution >= 4 is 16.8 Å². The zero-order chi connectivity index (χ0) is 26.2. The molecule has 4 rings (SSSR count). The van der Waals surface area contributed by atoms with Crippen molar-refractivity contribution in [3.05, 3.63) is 110 Å². The number of methoxy groups -OCH3 is 1. The molecule has 3 N–H and O–H groups in total. The Morgan fingerprint density at radius 3 is 2.39 bits per heavy atom. The molecule has 188 valence electrons. The highest BCUT2D eigenvalue weighted by Crippen LogP contribution is 2.20. The van der Waals surface area contributed by atoms with Crippen molar-refractivity contribution in [1.82, 2.24) is 15.3 Å². The van der Waals surface area contributed by atoms with Crippen LogP contribution in [-0.2, 0) is 11.2 Å². The van der Waals surface area contributed by atoms with Crippen molar-refractivity contribution in [2.75, 3.05) is 7.11 Å². The summed E-state index contributed by atoms with van der Waals surface area (Å²) in [5.74, 6) is -1.28. The third kappa shape index (κ3) is 6.84. The normalized spacial score (nSPS) is 11.4. The number of benzene rings is 3. The zero-order valence-electron chi connectivity index (χ0n) is 19.5. The van der Waals surface area contributed by atoms with Crippen LogP contribution in [0.25, 0.3) is 10.9 Å². The summed E-state index contributed by atoms with van der Waals surface area (Å²) in [7, 11) is 1.58. The van der Waals surface area contributed by atoms with Crippen LogP contribution in [0.15, 0.2) is 70.3 Å². The van der Waals surface area contributed by atoms with Crippen LogP contribution in [-0.4, -0.2) is 23.0 Å². The van der Waals surface area contributed by atoms with Crippen molar-refractivity contribution in [3.8, 4) is 5.75 Å². The number of amides is 1. The Morgan fingerprint density at radius 2 is 1.67 bits per heavy atom. The first-order valence-electron chi connectivity index (χ1n) is 11.0. The molecule has 0 fully saturated rings. The molecule has 10 heteroatoms. The van der Waals surface area contributed by atoms with Crippen molar-refractivity contribution < 1.29 is 22.7 Å². The number of rotatable bonds is 6. The van der Waals surface area contributed by atoms with E-state index in [9.17, 15) is 27.6 Å². The van der Waals surface area contributed by atoms with Gasteiger partial charge in [-0.15, -0.1) is 0 Å². The summed E-state index contributed by atoms with van der Waals surface area (Å²) in [6, 6.07) is 13.9. The first-order valence-corrected chi connectivity index (χ1v) is 11.0. The molecule has 0 radical (unpaired) electrons. The number of aromatic nitrogens is 2. The highest BCUT2D eigenvalue weighted by molar-refractivity contribution is 5.77. The van der Waals surface area contributed by atoms with Crippen LogP contribution in [0.4, 0.5) is 13.2 Å². The van der Waals surface area contributed by atoms with E-state index in [4.69, 9.17) is 4.74 Å². The van der Waals surface area contributed by atoms with Crippen LogP contribution in [0.1, 0.15) is 30.5 Å². The predicted octanol–water partition coefficient (Wildman–Crippen LogP) is 4.14. The van der Waals surface area contributed by atoms with Gasteiger partial charge in [0.05, 0.1) is 24.1 Å². The molecule has 1 heterocycles. The van der Waals surface area contributed by atoms with Crippen molar-refractivity contribution in [2.24, 2.45) is 0 Å². The summed E-state index contributed by atoms with van der Waals surface area (Å²) < 4.78 is 44.5. The lowest BCUT2D eigenvalue weighted by Gasteiger charge is -2.15. The number of para-hydroxylation sites is 1. The minimum Gasteiger partial charge on any atom is -0.496 e. The summed E-state index contributed by atoms with van der Waals surface area (Å²) in [6.45, 7) is 1.66. The van der Waals surface area contributed by atoms with Crippen LogP contribution in [0, 0.1) is 17.5 Å². The molecular weight excluding hydrogens is 475 g/mol. The molecule has 1 amide bonds. The van der Waals surface area contributed by atoms with Gasteiger partial charge in [0.2, 0.25) is 5.91 Å². The fourth-order valence-electron chi connectivity index (χ4n) is 3.54. The number of hydrogen-bond acceptors (Lipinski definition) is 4. The van der Waals surface area contributed by atoms with Crippen LogP contribution in [0.2, 0.25) is 0 Å². The first-order chi connectivity index (χ1) is 17.2. The van der Waals surface area contributed by atoms with E-state index >= 15 is 0 Å². The Bertz CT molecular complexity index is 1480. The smallest absolute Gasteiger partial charge is 0.326 e. The molecule has 0 aliphatic carbocycles. The van der Waals surface area contributed by atoms with E-state index in [0.717, 1.165) is 23.4 Å². The lowest BCUT2D eigenvalue weighted by atomic mass is 10.1. The lowest BCUT2D eigenvalue weighted by molar-refractivity contribution is -0.121. The summed E-state index contributed by atoms with van der Waals surface area (Å²) >= 11 is 0. The quantitative estimate of drug-likeness (QED) is 0.371. The monoisotopic (exact) mass is 499 g/mol.